The van der Waals surface area contributed by atoms with Crippen LogP contribution in [0.2, 0.25) is 0 Å². The van der Waals surface area contributed by atoms with Gasteiger partial charge in [0, 0.05) is 12.5 Å². The van der Waals surface area contributed by atoms with E-state index in [1.165, 1.54) is 18.9 Å². The number of allylic oxidation sites excluding steroid dienone is 1. The third kappa shape index (κ3) is 3.92. The number of carbonyl (C=O) groups excluding carboxylic acids is 1. The van der Waals surface area contributed by atoms with E-state index in [0.717, 1.165) is 12.8 Å². The molecule has 0 spiro atoms. The molecule has 1 heterocycles. The Kier molecular flexibility index (Phi) is 4.30. The molecule has 0 amide bonds. The maximum atomic E-state index is 10.8. The van der Waals surface area contributed by atoms with Gasteiger partial charge in [-0.3, -0.25) is 0 Å². The Morgan fingerprint density at radius 3 is 3.23 bits per heavy atom. The number of rotatable bonds is 4. The molecule has 0 aromatic heterocycles. The molecular weight excluding hydrogens is 164 g/mol. The molecule has 0 bridgehead atoms. The highest BCUT2D eigenvalue weighted by Crippen LogP contribution is 2.09. The molecule has 1 atom stereocenters. The zero-order chi connectivity index (χ0) is 9.52. The van der Waals surface area contributed by atoms with E-state index in [-0.39, 0.29) is 12.1 Å². The number of hydrogen-bond donors (Lipinski definition) is 0. The van der Waals surface area contributed by atoms with Crippen molar-refractivity contribution in [1.82, 2.24) is 0 Å². The van der Waals surface area contributed by atoms with Gasteiger partial charge in [-0.05, 0) is 12.5 Å². The predicted molar refractivity (Wildman–Crippen MR) is 52.3 cm³/mol. The van der Waals surface area contributed by atoms with E-state index in [0.29, 0.717) is 0 Å². The quantitative estimate of drug-likeness (QED) is 0.377. The molecule has 2 nitrogen and oxygen atoms in total. The summed E-state index contributed by atoms with van der Waals surface area (Å²) in [7, 11) is 0. The van der Waals surface area contributed by atoms with Crippen molar-refractivity contribution in [2.45, 2.75) is 38.7 Å². The van der Waals surface area contributed by atoms with Crippen LogP contribution in [0.5, 0.6) is 0 Å². The summed E-state index contributed by atoms with van der Waals surface area (Å²) in [6, 6.07) is 0. The summed E-state index contributed by atoms with van der Waals surface area (Å²) in [6.45, 7) is 2.16. The summed E-state index contributed by atoms with van der Waals surface area (Å²) in [5, 5.41) is 0. The third-order valence-electron chi connectivity index (χ3n) is 1.96. The zero-order valence-electron chi connectivity index (χ0n) is 8.03. The second-order valence-electron chi connectivity index (χ2n) is 3.18. The molecule has 13 heavy (non-hydrogen) atoms. The van der Waals surface area contributed by atoms with Gasteiger partial charge < -0.3 is 4.74 Å². The molecule has 0 aromatic rings. The lowest BCUT2D eigenvalue weighted by Gasteiger charge is -2.14. The van der Waals surface area contributed by atoms with Crippen LogP contribution in [0.3, 0.4) is 0 Å². The fourth-order valence-electron chi connectivity index (χ4n) is 1.22. The van der Waals surface area contributed by atoms with Crippen LogP contribution in [0, 0.1) is 0 Å². The van der Waals surface area contributed by atoms with E-state index in [1.807, 2.05) is 12.2 Å². The summed E-state index contributed by atoms with van der Waals surface area (Å²) in [4.78, 5) is 10.8. The largest absolute Gasteiger partial charge is 0.455 e. The fourth-order valence-corrected chi connectivity index (χ4v) is 1.22. The van der Waals surface area contributed by atoms with Crippen LogP contribution in [-0.2, 0) is 9.53 Å². The maximum absolute atomic E-state index is 10.8. The number of esters is 1. The van der Waals surface area contributed by atoms with Crippen molar-refractivity contribution < 1.29 is 9.53 Å². The van der Waals surface area contributed by atoms with Gasteiger partial charge in [0.1, 0.15) is 6.10 Å². The minimum atomic E-state index is -0.226. The Morgan fingerprint density at radius 2 is 2.54 bits per heavy atom. The van der Waals surface area contributed by atoms with Gasteiger partial charge in [-0.15, -0.1) is 0 Å². The van der Waals surface area contributed by atoms with Gasteiger partial charge in [0.05, 0.1) is 0 Å². The van der Waals surface area contributed by atoms with E-state index < -0.39 is 0 Å². The van der Waals surface area contributed by atoms with Crippen LogP contribution in [-0.4, -0.2) is 12.1 Å². The van der Waals surface area contributed by atoms with Gasteiger partial charge >= 0.3 is 5.97 Å². The van der Waals surface area contributed by atoms with Gasteiger partial charge in [0.25, 0.3) is 0 Å². The van der Waals surface area contributed by atoms with Crippen LogP contribution in [0.4, 0.5) is 0 Å². The minimum Gasteiger partial charge on any atom is -0.455 e. The number of carbonyl (C=O) groups is 1. The highest BCUT2D eigenvalue weighted by atomic mass is 16.5. The standard InChI is InChI=1S/C11H16O2/c1-2-3-4-5-7-10-8-6-9-11(12)13-10/h5-7,9-10H,2-4,8H2,1H3/b7-5-. The number of ether oxygens (including phenoxy) is 1. The average molecular weight is 180 g/mol. The molecule has 0 aromatic carbocycles. The van der Waals surface area contributed by atoms with Gasteiger partial charge in [-0.25, -0.2) is 4.79 Å². The summed E-state index contributed by atoms with van der Waals surface area (Å²) >= 11 is 0. The summed E-state index contributed by atoms with van der Waals surface area (Å²) in [6.07, 6.45) is 11.7. The SMILES string of the molecule is CCCC/C=C\C1CC=CC(=O)O1. The first-order chi connectivity index (χ1) is 6.33. The zero-order valence-corrected chi connectivity index (χ0v) is 8.03. The number of cyclic esters (lactones) is 1. The molecule has 0 N–H and O–H groups in total. The van der Waals surface area contributed by atoms with Crippen LogP contribution in [0.15, 0.2) is 24.3 Å². The topological polar surface area (TPSA) is 26.3 Å². The monoisotopic (exact) mass is 180 g/mol. The fraction of sp³-hybridized carbons (Fsp3) is 0.545. The highest BCUT2D eigenvalue weighted by molar-refractivity contribution is 5.82. The number of unbranched alkanes of at least 4 members (excludes halogenated alkanes) is 2. The third-order valence-corrected chi connectivity index (χ3v) is 1.96. The van der Waals surface area contributed by atoms with Crippen molar-refractivity contribution in [1.29, 1.82) is 0 Å². The Hall–Kier alpha value is -1.05. The Balaban J connectivity index is 2.25. The Labute approximate surface area is 79.3 Å². The van der Waals surface area contributed by atoms with Crippen molar-refractivity contribution in [2.75, 3.05) is 0 Å². The van der Waals surface area contributed by atoms with Crippen LogP contribution >= 0.6 is 0 Å². The predicted octanol–water partition coefficient (Wildman–Crippen LogP) is 2.60. The normalized spacial score (nSPS) is 22.2. The van der Waals surface area contributed by atoms with Gasteiger partial charge in [-0.1, -0.05) is 31.9 Å². The van der Waals surface area contributed by atoms with Crippen molar-refractivity contribution in [3.63, 3.8) is 0 Å². The molecule has 1 rings (SSSR count). The second kappa shape index (κ2) is 5.57. The van der Waals surface area contributed by atoms with Crippen molar-refractivity contribution >= 4 is 5.97 Å². The smallest absolute Gasteiger partial charge is 0.331 e. The molecule has 0 saturated carbocycles. The first kappa shape index (κ1) is 10.0. The molecule has 0 aliphatic carbocycles. The average Bonchev–Trinajstić information content (AvgIpc) is 2.13. The summed E-state index contributed by atoms with van der Waals surface area (Å²) in [5.74, 6) is -0.226. The molecule has 72 valence electrons. The van der Waals surface area contributed by atoms with Gasteiger partial charge in [-0.2, -0.15) is 0 Å². The van der Waals surface area contributed by atoms with Crippen molar-refractivity contribution in [3.05, 3.63) is 24.3 Å². The van der Waals surface area contributed by atoms with E-state index in [1.54, 1.807) is 0 Å². The molecule has 0 saturated heterocycles. The molecule has 1 aliphatic heterocycles. The first-order valence-corrected chi connectivity index (χ1v) is 4.86. The molecule has 1 aliphatic rings. The minimum absolute atomic E-state index is 0.0330. The molecule has 1 unspecified atom stereocenters. The second-order valence-corrected chi connectivity index (χ2v) is 3.18. The van der Waals surface area contributed by atoms with Crippen LogP contribution in [0.1, 0.15) is 32.6 Å². The molecule has 2 heteroatoms. The van der Waals surface area contributed by atoms with Crippen molar-refractivity contribution in [3.8, 4) is 0 Å². The lowest BCUT2D eigenvalue weighted by atomic mass is 10.1. The lowest BCUT2D eigenvalue weighted by molar-refractivity contribution is -0.141. The van der Waals surface area contributed by atoms with E-state index in [2.05, 4.69) is 13.0 Å². The van der Waals surface area contributed by atoms with Gasteiger partial charge in [0.15, 0.2) is 0 Å². The molecular formula is C11H16O2. The maximum Gasteiger partial charge on any atom is 0.331 e. The molecule has 0 fully saturated rings. The molecule has 0 radical (unpaired) electrons. The number of hydrogen-bond acceptors (Lipinski definition) is 2. The van der Waals surface area contributed by atoms with Gasteiger partial charge in [0.2, 0.25) is 0 Å². The highest BCUT2D eigenvalue weighted by Gasteiger charge is 2.11. The lowest BCUT2D eigenvalue weighted by Crippen LogP contribution is -2.17. The first-order valence-electron chi connectivity index (χ1n) is 4.86. The van der Waals surface area contributed by atoms with Crippen LogP contribution in [0.25, 0.3) is 0 Å². The Morgan fingerprint density at radius 1 is 1.69 bits per heavy atom. The van der Waals surface area contributed by atoms with Crippen molar-refractivity contribution in [2.24, 2.45) is 0 Å². The van der Waals surface area contributed by atoms with E-state index in [4.69, 9.17) is 4.74 Å². The van der Waals surface area contributed by atoms with E-state index >= 15 is 0 Å². The van der Waals surface area contributed by atoms with Crippen LogP contribution < -0.4 is 0 Å². The summed E-state index contributed by atoms with van der Waals surface area (Å²) in [5.41, 5.74) is 0. The van der Waals surface area contributed by atoms with E-state index in [9.17, 15) is 4.79 Å². The summed E-state index contributed by atoms with van der Waals surface area (Å²) < 4.78 is 5.05. The Bertz CT molecular complexity index is 216.